The molecule has 0 aliphatic carbocycles. The van der Waals surface area contributed by atoms with Crippen molar-refractivity contribution >= 4 is 16.8 Å². The molecule has 0 radical (unpaired) electrons. The molecule has 1 fully saturated rings. The van der Waals surface area contributed by atoms with E-state index in [0.717, 1.165) is 5.52 Å². The highest BCUT2D eigenvalue weighted by atomic mass is 16.5. The lowest BCUT2D eigenvalue weighted by Crippen LogP contribution is -2.42. The van der Waals surface area contributed by atoms with Crippen LogP contribution in [0.15, 0.2) is 29.2 Å². The molecular formula is C17H20N2O4. The van der Waals surface area contributed by atoms with E-state index in [4.69, 9.17) is 9.47 Å². The van der Waals surface area contributed by atoms with Crippen LogP contribution in [0.1, 0.15) is 17.3 Å². The Labute approximate surface area is 134 Å². The Hall–Kier alpha value is -2.34. The molecule has 0 atom stereocenters. The van der Waals surface area contributed by atoms with E-state index in [2.05, 4.69) is 0 Å². The van der Waals surface area contributed by atoms with E-state index < -0.39 is 0 Å². The van der Waals surface area contributed by atoms with Gasteiger partial charge in [-0.15, -0.1) is 0 Å². The van der Waals surface area contributed by atoms with Gasteiger partial charge in [0, 0.05) is 26.3 Å². The number of aromatic nitrogens is 1. The molecule has 0 unspecified atom stereocenters. The van der Waals surface area contributed by atoms with Gasteiger partial charge in [-0.1, -0.05) is 0 Å². The van der Waals surface area contributed by atoms with E-state index in [1.54, 1.807) is 21.7 Å². The maximum absolute atomic E-state index is 12.8. The molecule has 1 saturated heterocycles. The highest BCUT2D eigenvalue weighted by Crippen LogP contribution is 2.19. The summed E-state index contributed by atoms with van der Waals surface area (Å²) in [6.07, 6.45) is 1.61. The molecule has 2 aromatic rings. The number of carbonyl (C=O) groups excluding carboxylic acids is 1. The van der Waals surface area contributed by atoms with Crippen LogP contribution in [-0.2, 0) is 11.8 Å². The van der Waals surface area contributed by atoms with Crippen molar-refractivity contribution in [3.05, 3.63) is 40.2 Å². The van der Waals surface area contributed by atoms with Gasteiger partial charge in [0.1, 0.15) is 11.3 Å². The number of hydrogen-bond acceptors (Lipinski definition) is 4. The second kappa shape index (κ2) is 6.42. The van der Waals surface area contributed by atoms with Crippen LogP contribution in [-0.4, -0.2) is 48.3 Å². The second-order valence-corrected chi connectivity index (χ2v) is 5.50. The molecule has 6 nitrogen and oxygen atoms in total. The predicted octanol–water partition coefficient (Wildman–Crippen LogP) is 1.41. The molecule has 122 valence electrons. The van der Waals surface area contributed by atoms with Crippen LogP contribution in [0.4, 0.5) is 0 Å². The smallest absolute Gasteiger partial charge is 0.259 e. The predicted molar refractivity (Wildman–Crippen MR) is 87.1 cm³/mol. The molecule has 23 heavy (non-hydrogen) atoms. The van der Waals surface area contributed by atoms with Crippen LogP contribution in [0.3, 0.4) is 0 Å². The number of benzene rings is 1. The maximum atomic E-state index is 12.8. The van der Waals surface area contributed by atoms with Gasteiger partial charge in [0.05, 0.1) is 30.7 Å². The van der Waals surface area contributed by atoms with Gasteiger partial charge in [0.2, 0.25) is 5.43 Å². The number of hydrogen-bond donors (Lipinski definition) is 0. The third-order valence-corrected chi connectivity index (χ3v) is 4.00. The van der Waals surface area contributed by atoms with Crippen LogP contribution in [0.25, 0.3) is 10.9 Å². The van der Waals surface area contributed by atoms with Crippen LogP contribution < -0.4 is 10.2 Å². The number of nitrogens with zero attached hydrogens (tertiary/aromatic N) is 2. The third-order valence-electron chi connectivity index (χ3n) is 4.00. The first-order valence-corrected chi connectivity index (χ1v) is 7.75. The molecule has 3 rings (SSSR count). The molecule has 0 spiro atoms. The Morgan fingerprint density at radius 3 is 2.74 bits per heavy atom. The van der Waals surface area contributed by atoms with Gasteiger partial charge in [-0.3, -0.25) is 9.59 Å². The number of ether oxygens (including phenoxy) is 2. The van der Waals surface area contributed by atoms with Crippen LogP contribution in [0.2, 0.25) is 0 Å². The number of aryl methyl sites for hydroxylation is 1. The first-order chi connectivity index (χ1) is 11.1. The first kappa shape index (κ1) is 15.6. The lowest BCUT2D eigenvalue weighted by atomic mass is 10.1. The van der Waals surface area contributed by atoms with Gasteiger partial charge in [0.25, 0.3) is 5.91 Å². The fourth-order valence-electron chi connectivity index (χ4n) is 2.82. The summed E-state index contributed by atoms with van der Waals surface area (Å²) in [6, 6.07) is 5.37. The van der Waals surface area contributed by atoms with Crippen molar-refractivity contribution in [3.63, 3.8) is 0 Å². The van der Waals surface area contributed by atoms with E-state index >= 15 is 0 Å². The lowest BCUT2D eigenvalue weighted by molar-refractivity contribution is 0.0301. The summed E-state index contributed by atoms with van der Waals surface area (Å²) < 4.78 is 12.5. The normalized spacial score (nSPS) is 15.0. The van der Waals surface area contributed by atoms with Crippen LogP contribution in [0, 0.1) is 0 Å². The number of fused-ring (bicyclic) bond motifs is 1. The molecule has 1 amide bonds. The minimum Gasteiger partial charge on any atom is -0.494 e. The minimum atomic E-state index is -0.254. The fraction of sp³-hybridized carbons (Fsp3) is 0.412. The van der Waals surface area contributed by atoms with Crippen LogP contribution >= 0.6 is 0 Å². The van der Waals surface area contributed by atoms with Crippen LogP contribution in [0.5, 0.6) is 5.75 Å². The number of rotatable bonds is 3. The van der Waals surface area contributed by atoms with Gasteiger partial charge >= 0.3 is 0 Å². The molecule has 1 aliphatic heterocycles. The molecule has 6 heteroatoms. The third kappa shape index (κ3) is 2.94. The minimum absolute atomic E-state index is 0.190. The number of pyridine rings is 1. The van der Waals surface area contributed by atoms with Crippen molar-refractivity contribution in [3.8, 4) is 5.75 Å². The van der Waals surface area contributed by atoms with Gasteiger partial charge < -0.3 is 18.9 Å². The Morgan fingerprint density at radius 2 is 2.04 bits per heavy atom. The standard InChI is InChI=1S/C17H20N2O4/c1-3-23-12-4-5-15-13(10-12)16(20)14(11-18(15)2)17(21)19-6-8-22-9-7-19/h4-5,10-11H,3,6-9H2,1-2H3. The van der Waals surface area contributed by atoms with E-state index in [1.807, 2.05) is 26.1 Å². The van der Waals surface area contributed by atoms with Crippen molar-refractivity contribution in [1.82, 2.24) is 9.47 Å². The van der Waals surface area contributed by atoms with Gasteiger partial charge in [-0.05, 0) is 25.1 Å². The number of amides is 1. The molecule has 1 aromatic heterocycles. The van der Waals surface area contributed by atoms with Crippen molar-refractivity contribution < 1.29 is 14.3 Å². The highest BCUT2D eigenvalue weighted by molar-refractivity contribution is 5.97. The summed E-state index contributed by atoms with van der Waals surface area (Å²) >= 11 is 0. The molecule has 0 N–H and O–H groups in total. The van der Waals surface area contributed by atoms with Crippen molar-refractivity contribution in [2.45, 2.75) is 6.92 Å². The van der Waals surface area contributed by atoms with Crippen molar-refractivity contribution in [2.24, 2.45) is 7.05 Å². The summed E-state index contributed by atoms with van der Waals surface area (Å²) in [7, 11) is 1.83. The monoisotopic (exact) mass is 316 g/mol. The van der Waals surface area contributed by atoms with Crippen molar-refractivity contribution in [2.75, 3.05) is 32.9 Å². The Kier molecular flexibility index (Phi) is 4.34. The largest absolute Gasteiger partial charge is 0.494 e. The van der Waals surface area contributed by atoms with E-state index in [9.17, 15) is 9.59 Å². The van der Waals surface area contributed by atoms with E-state index in [1.165, 1.54) is 0 Å². The fourth-order valence-corrected chi connectivity index (χ4v) is 2.82. The SMILES string of the molecule is CCOc1ccc2c(c1)c(=O)c(C(=O)N1CCOCC1)cn2C. The molecule has 1 aromatic carbocycles. The van der Waals surface area contributed by atoms with Gasteiger partial charge in [-0.2, -0.15) is 0 Å². The molecule has 0 bridgehead atoms. The average molecular weight is 316 g/mol. The second-order valence-electron chi connectivity index (χ2n) is 5.50. The summed E-state index contributed by atoms with van der Waals surface area (Å²) in [6.45, 7) is 4.46. The summed E-state index contributed by atoms with van der Waals surface area (Å²) in [5.41, 5.74) is 0.712. The highest BCUT2D eigenvalue weighted by Gasteiger charge is 2.22. The van der Waals surface area contributed by atoms with Crippen molar-refractivity contribution in [1.29, 1.82) is 0 Å². The zero-order chi connectivity index (χ0) is 16.4. The summed E-state index contributed by atoms with van der Waals surface area (Å²) in [4.78, 5) is 27.1. The van der Waals surface area contributed by atoms with Gasteiger partial charge in [-0.25, -0.2) is 0 Å². The summed E-state index contributed by atoms with van der Waals surface area (Å²) in [5, 5.41) is 0.498. The maximum Gasteiger partial charge on any atom is 0.259 e. The lowest BCUT2D eigenvalue weighted by Gasteiger charge is -2.26. The molecule has 2 heterocycles. The topological polar surface area (TPSA) is 60.8 Å². The van der Waals surface area contributed by atoms with E-state index in [-0.39, 0.29) is 16.9 Å². The number of carbonyl (C=O) groups is 1. The van der Waals surface area contributed by atoms with Gasteiger partial charge in [0.15, 0.2) is 0 Å². The first-order valence-electron chi connectivity index (χ1n) is 7.75. The Bertz CT molecular complexity index is 791. The van der Waals surface area contributed by atoms with E-state index in [0.29, 0.717) is 44.0 Å². The zero-order valence-corrected chi connectivity index (χ0v) is 13.4. The molecule has 1 aliphatic rings. The summed E-state index contributed by atoms with van der Waals surface area (Å²) in [5.74, 6) is 0.394. The average Bonchev–Trinajstić information content (AvgIpc) is 2.58. The number of morpholine rings is 1. The Balaban J connectivity index is 2.08. The molecular weight excluding hydrogens is 296 g/mol. The zero-order valence-electron chi connectivity index (χ0n) is 13.4. The Morgan fingerprint density at radius 1 is 1.30 bits per heavy atom. The quantitative estimate of drug-likeness (QED) is 0.859. The molecule has 0 saturated carbocycles.